The smallest absolute Gasteiger partial charge is 0.336 e. The largest absolute Gasteiger partial charge is 0.478 e. The molecule has 0 saturated carbocycles. The fourth-order valence-electron chi connectivity index (χ4n) is 1.52. The van der Waals surface area contributed by atoms with Crippen molar-refractivity contribution in [3.05, 3.63) is 46.8 Å². The van der Waals surface area contributed by atoms with Gasteiger partial charge in [0.1, 0.15) is 4.21 Å². The molecule has 112 valence electrons. The first-order valence-corrected chi connectivity index (χ1v) is 7.81. The van der Waals surface area contributed by atoms with Crippen molar-refractivity contribution < 1.29 is 27.1 Å². The summed E-state index contributed by atoms with van der Waals surface area (Å²) in [4.78, 5) is 10.8. The highest BCUT2D eigenvalue weighted by molar-refractivity contribution is 7.94. The lowest BCUT2D eigenvalue weighted by Gasteiger charge is -2.18. The third-order valence-corrected chi connectivity index (χ3v) is 5.90. The van der Waals surface area contributed by atoms with Crippen molar-refractivity contribution in [3.63, 3.8) is 0 Å². The Balaban J connectivity index is 2.41. The van der Waals surface area contributed by atoms with E-state index >= 15 is 0 Å². The van der Waals surface area contributed by atoms with Crippen molar-refractivity contribution in [1.82, 2.24) is 0 Å². The van der Waals surface area contributed by atoms with E-state index in [4.69, 9.17) is 5.11 Å². The third kappa shape index (κ3) is 2.88. The third-order valence-electron chi connectivity index (χ3n) is 2.70. The number of thiophene rings is 1. The second-order valence-electron chi connectivity index (χ2n) is 4.03. The van der Waals surface area contributed by atoms with Gasteiger partial charge in [-0.05, 0) is 18.2 Å². The summed E-state index contributed by atoms with van der Waals surface area (Å²) < 4.78 is 51.2. The van der Waals surface area contributed by atoms with Gasteiger partial charge in [-0.3, -0.25) is 4.31 Å². The Morgan fingerprint density at radius 3 is 2.43 bits per heavy atom. The maximum atomic E-state index is 13.2. The van der Waals surface area contributed by atoms with E-state index in [9.17, 15) is 22.0 Å². The number of anilines is 1. The number of sulfonamides is 1. The van der Waals surface area contributed by atoms with Gasteiger partial charge in [0, 0.05) is 18.5 Å². The van der Waals surface area contributed by atoms with Crippen molar-refractivity contribution in [3.8, 4) is 0 Å². The van der Waals surface area contributed by atoms with Crippen LogP contribution in [0.25, 0.3) is 0 Å². The molecule has 0 unspecified atom stereocenters. The number of halogens is 2. The number of aromatic carboxylic acids is 1. The summed E-state index contributed by atoms with van der Waals surface area (Å²) in [5, 5.41) is 9.98. The zero-order valence-corrected chi connectivity index (χ0v) is 12.2. The SMILES string of the molecule is CN(c1ccc(F)c(F)c1)S(=O)(=O)c1cc(C(=O)O)cs1. The van der Waals surface area contributed by atoms with Crippen LogP contribution in [0.3, 0.4) is 0 Å². The number of carboxylic acids is 1. The number of hydrogen-bond acceptors (Lipinski definition) is 4. The zero-order valence-electron chi connectivity index (χ0n) is 10.6. The molecule has 1 N–H and O–H groups in total. The molecule has 0 aliphatic rings. The molecule has 0 saturated heterocycles. The van der Waals surface area contributed by atoms with Crippen molar-refractivity contribution >= 4 is 33.0 Å². The van der Waals surface area contributed by atoms with Crippen LogP contribution in [0.4, 0.5) is 14.5 Å². The molecule has 0 amide bonds. The summed E-state index contributed by atoms with van der Waals surface area (Å²) in [6, 6.07) is 3.69. The van der Waals surface area contributed by atoms with Crippen LogP contribution in [0.2, 0.25) is 0 Å². The first-order valence-electron chi connectivity index (χ1n) is 5.49. The molecule has 0 bridgehead atoms. The van der Waals surface area contributed by atoms with Gasteiger partial charge in [0.15, 0.2) is 11.6 Å². The van der Waals surface area contributed by atoms with Gasteiger partial charge in [0.05, 0.1) is 11.3 Å². The zero-order chi connectivity index (χ0) is 15.8. The molecule has 21 heavy (non-hydrogen) atoms. The molecule has 1 aromatic heterocycles. The van der Waals surface area contributed by atoms with Crippen LogP contribution in [0.5, 0.6) is 0 Å². The van der Waals surface area contributed by atoms with Crippen LogP contribution in [0, 0.1) is 11.6 Å². The fraction of sp³-hybridized carbons (Fsp3) is 0.0833. The molecule has 5 nitrogen and oxygen atoms in total. The molecule has 1 heterocycles. The lowest BCUT2D eigenvalue weighted by atomic mass is 10.3. The Morgan fingerprint density at radius 1 is 1.24 bits per heavy atom. The first-order chi connectivity index (χ1) is 9.73. The lowest BCUT2D eigenvalue weighted by Crippen LogP contribution is -2.26. The van der Waals surface area contributed by atoms with Crippen molar-refractivity contribution in [2.75, 3.05) is 11.4 Å². The maximum Gasteiger partial charge on any atom is 0.336 e. The van der Waals surface area contributed by atoms with E-state index < -0.39 is 27.6 Å². The van der Waals surface area contributed by atoms with Crippen LogP contribution in [-0.4, -0.2) is 26.5 Å². The summed E-state index contributed by atoms with van der Waals surface area (Å²) in [5.41, 5.74) is -0.226. The number of carbonyl (C=O) groups is 1. The predicted octanol–water partition coefficient (Wildman–Crippen LogP) is 2.55. The molecule has 0 radical (unpaired) electrons. The summed E-state index contributed by atoms with van der Waals surface area (Å²) in [5.74, 6) is -3.51. The predicted molar refractivity (Wildman–Crippen MR) is 73.2 cm³/mol. The van der Waals surface area contributed by atoms with Gasteiger partial charge in [-0.2, -0.15) is 0 Å². The van der Waals surface area contributed by atoms with Gasteiger partial charge >= 0.3 is 5.97 Å². The van der Waals surface area contributed by atoms with Crippen LogP contribution < -0.4 is 4.31 Å². The van der Waals surface area contributed by atoms with E-state index in [1.807, 2.05) is 0 Å². The average Bonchev–Trinajstić information content (AvgIpc) is 2.91. The van der Waals surface area contributed by atoms with E-state index in [-0.39, 0.29) is 15.5 Å². The molecule has 0 atom stereocenters. The minimum absolute atomic E-state index is 0.0702. The second kappa shape index (κ2) is 5.41. The number of rotatable bonds is 4. The minimum atomic E-state index is -4.03. The lowest BCUT2D eigenvalue weighted by molar-refractivity contribution is 0.0697. The standard InChI is InChI=1S/C12H9F2NO4S2/c1-15(8-2-3-9(13)10(14)5-8)21(18,19)11-4-7(6-20-11)12(16)17/h2-6H,1H3,(H,16,17). The Bertz CT molecular complexity index is 801. The first kappa shape index (κ1) is 15.4. The number of benzene rings is 1. The normalized spacial score (nSPS) is 11.4. The Hall–Kier alpha value is -2.00. The van der Waals surface area contributed by atoms with Gasteiger partial charge in [-0.1, -0.05) is 0 Å². The van der Waals surface area contributed by atoms with Crippen LogP contribution in [0.15, 0.2) is 33.9 Å². The fourth-order valence-corrected chi connectivity index (χ4v) is 4.03. The van der Waals surface area contributed by atoms with E-state index in [0.717, 1.165) is 39.9 Å². The number of hydrogen-bond donors (Lipinski definition) is 1. The van der Waals surface area contributed by atoms with Gasteiger partial charge in [0.25, 0.3) is 10.0 Å². The molecule has 0 aliphatic heterocycles. The minimum Gasteiger partial charge on any atom is -0.478 e. The molecule has 9 heteroatoms. The number of nitrogens with zero attached hydrogens (tertiary/aromatic N) is 1. The molecule has 0 spiro atoms. The quantitative estimate of drug-likeness (QED) is 0.933. The average molecular weight is 333 g/mol. The molecule has 2 rings (SSSR count). The van der Waals surface area contributed by atoms with Crippen molar-refractivity contribution in [1.29, 1.82) is 0 Å². The van der Waals surface area contributed by atoms with Crippen LogP contribution in [0.1, 0.15) is 10.4 Å². The summed E-state index contributed by atoms with van der Waals surface area (Å²) in [6.07, 6.45) is 0. The van der Waals surface area contributed by atoms with Crippen LogP contribution >= 0.6 is 11.3 Å². The van der Waals surface area contributed by atoms with Gasteiger partial charge in [-0.25, -0.2) is 22.0 Å². The molecule has 2 aromatic rings. The highest BCUT2D eigenvalue weighted by atomic mass is 32.2. The van der Waals surface area contributed by atoms with E-state index in [2.05, 4.69) is 0 Å². The van der Waals surface area contributed by atoms with E-state index in [1.165, 1.54) is 12.4 Å². The Labute approximate surface area is 123 Å². The van der Waals surface area contributed by atoms with Gasteiger partial charge in [0.2, 0.25) is 0 Å². The summed E-state index contributed by atoms with van der Waals surface area (Å²) in [6.45, 7) is 0. The maximum absolute atomic E-state index is 13.2. The number of carboxylic acid groups (broad SMARTS) is 1. The van der Waals surface area contributed by atoms with Crippen molar-refractivity contribution in [2.45, 2.75) is 4.21 Å². The summed E-state index contributed by atoms with van der Waals surface area (Å²) >= 11 is 0.737. The molecule has 0 aliphatic carbocycles. The monoisotopic (exact) mass is 333 g/mol. The topological polar surface area (TPSA) is 74.7 Å². The Kier molecular flexibility index (Phi) is 3.97. The van der Waals surface area contributed by atoms with Gasteiger partial charge in [-0.15, -0.1) is 11.3 Å². The van der Waals surface area contributed by atoms with Crippen LogP contribution in [-0.2, 0) is 10.0 Å². The second-order valence-corrected chi connectivity index (χ2v) is 7.14. The van der Waals surface area contributed by atoms with Gasteiger partial charge < -0.3 is 5.11 Å². The molecule has 1 aromatic carbocycles. The Morgan fingerprint density at radius 2 is 1.90 bits per heavy atom. The van der Waals surface area contributed by atoms with E-state index in [0.29, 0.717) is 0 Å². The molecule has 0 fully saturated rings. The highest BCUT2D eigenvalue weighted by Crippen LogP contribution is 2.27. The van der Waals surface area contributed by atoms with Crippen molar-refractivity contribution in [2.24, 2.45) is 0 Å². The van der Waals surface area contributed by atoms with E-state index in [1.54, 1.807) is 0 Å². The molecular weight excluding hydrogens is 324 g/mol. The molecular formula is C12H9F2NO4S2. The highest BCUT2D eigenvalue weighted by Gasteiger charge is 2.25. The summed E-state index contributed by atoms with van der Waals surface area (Å²) in [7, 11) is -2.87.